The molecule has 0 radical (unpaired) electrons. The maximum absolute atomic E-state index is 12.6. The van der Waals surface area contributed by atoms with Gasteiger partial charge in [0.1, 0.15) is 6.26 Å². The summed E-state index contributed by atoms with van der Waals surface area (Å²) in [4.78, 5) is 28.9. The van der Waals surface area contributed by atoms with Crippen LogP contribution in [0, 0.1) is 0 Å². The maximum atomic E-state index is 12.6. The fourth-order valence-corrected chi connectivity index (χ4v) is 3.23. The van der Waals surface area contributed by atoms with Crippen LogP contribution in [0.1, 0.15) is 58.3 Å². The number of unbranched alkanes of at least 4 members (excludes halogenated alkanes) is 3. The average Bonchev–Trinajstić information content (AvgIpc) is 3.15. The Balaban J connectivity index is 1.83. The normalized spacial score (nSPS) is 15.0. The molecule has 0 bridgehead atoms. The first-order valence-corrected chi connectivity index (χ1v) is 9.89. The van der Waals surface area contributed by atoms with Crippen molar-refractivity contribution in [1.29, 1.82) is 0 Å². The molecular formula is C19H32N4O3. The average molecular weight is 364 g/mol. The SMILES string of the molecule is CCCCCCC(=O)N(CCN1CCCCC1)CC(=O)Nc1ccon1. The summed E-state index contributed by atoms with van der Waals surface area (Å²) in [6.07, 6.45) is 9.89. The molecule has 1 saturated heterocycles. The minimum Gasteiger partial charge on any atom is -0.363 e. The number of aromatic nitrogens is 1. The first-order chi connectivity index (χ1) is 12.7. The van der Waals surface area contributed by atoms with Gasteiger partial charge in [-0.05, 0) is 32.4 Å². The van der Waals surface area contributed by atoms with Crippen molar-refractivity contribution in [2.24, 2.45) is 0 Å². The number of amides is 2. The minimum absolute atomic E-state index is 0.0628. The van der Waals surface area contributed by atoms with Gasteiger partial charge in [0, 0.05) is 25.6 Å². The number of nitrogens with zero attached hydrogens (tertiary/aromatic N) is 3. The Morgan fingerprint density at radius 2 is 2.04 bits per heavy atom. The van der Waals surface area contributed by atoms with Gasteiger partial charge >= 0.3 is 0 Å². The van der Waals surface area contributed by atoms with Gasteiger partial charge in [0.05, 0.1) is 6.54 Å². The number of rotatable bonds is 11. The molecule has 0 spiro atoms. The largest absolute Gasteiger partial charge is 0.363 e. The highest BCUT2D eigenvalue weighted by Crippen LogP contribution is 2.10. The van der Waals surface area contributed by atoms with Gasteiger partial charge in [-0.15, -0.1) is 0 Å². The molecule has 0 saturated carbocycles. The van der Waals surface area contributed by atoms with E-state index in [1.165, 1.54) is 25.5 Å². The molecule has 1 N–H and O–H groups in total. The lowest BCUT2D eigenvalue weighted by Crippen LogP contribution is -2.43. The quantitative estimate of drug-likeness (QED) is 0.611. The third-order valence-electron chi connectivity index (χ3n) is 4.77. The molecule has 0 atom stereocenters. The van der Waals surface area contributed by atoms with Gasteiger partial charge in [-0.3, -0.25) is 9.59 Å². The predicted octanol–water partition coefficient (Wildman–Crippen LogP) is 2.90. The first kappa shape index (κ1) is 20.4. The van der Waals surface area contributed by atoms with Crippen LogP contribution in [0.15, 0.2) is 16.9 Å². The second-order valence-electron chi connectivity index (χ2n) is 6.96. The second-order valence-corrected chi connectivity index (χ2v) is 6.96. The van der Waals surface area contributed by atoms with Crippen molar-refractivity contribution in [1.82, 2.24) is 15.0 Å². The van der Waals surface area contributed by atoms with Crippen molar-refractivity contribution >= 4 is 17.6 Å². The molecule has 1 aliphatic heterocycles. The molecule has 2 rings (SSSR count). The molecule has 7 heteroatoms. The highest BCUT2D eigenvalue weighted by Gasteiger charge is 2.19. The van der Waals surface area contributed by atoms with Crippen LogP contribution >= 0.6 is 0 Å². The molecule has 7 nitrogen and oxygen atoms in total. The molecule has 1 aromatic heterocycles. The van der Waals surface area contributed by atoms with Crippen molar-refractivity contribution in [2.45, 2.75) is 58.3 Å². The molecule has 2 amide bonds. The highest BCUT2D eigenvalue weighted by atomic mass is 16.5. The van der Waals surface area contributed by atoms with E-state index in [4.69, 9.17) is 4.52 Å². The van der Waals surface area contributed by atoms with Gasteiger partial charge in [-0.2, -0.15) is 0 Å². The molecule has 0 aliphatic carbocycles. The number of anilines is 1. The summed E-state index contributed by atoms with van der Waals surface area (Å²) < 4.78 is 4.72. The minimum atomic E-state index is -0.237. The van der Waals surface area contributed by atoms with Crippen LogP contribution in [-0.4, -0.2) is 59.5 Å². The van der Waals surface area contributed by atoms with Crippen LogP contribution in [0.3, 0.4) is 0 Å². The van der Waals surface area contributed by atoms with Crippen molar-refractivity contribution in [2.75, 3.05) is 38.0 Å². The molecule has 26 heavy (non-hydrogen) atoms. The molecule has 146 valence electrons. The first-order valence-electron chi connectivity index (χ1n) is 9.89. The van der Waals surface area contributed by atoms with Gasteiger partial charge in [0.15, 0.2) is 5.82 Å². The van der Waals surface area contributed by atoms with Crippen LogP contribution in [-0.2, 0) is 9.59 Å². The fourth-order valence-electron chi connectivity index (χ4n) is 3.23. The van der Waals surface area contributed by atoms with Crippen LogP contribution < -0.4 is 5.32 Å². The summed E-state index contributed by atoms with van der Waals surface area (Å²) >= 11 is 0. The van der Waals surface area contributed by atoms with E-state index in [0.29, 0.717) is 18.8 Å². The number of carbonyl (C=O) groups excluding carboxylic acids is 2. The Kier molecular flexibility index (Phi) is 9.17. The number of hydrogen-bond acceptors (Lipinski definition) is 5. The van der Waals surface area contributed by atoms with Gasteiger partial charge < -0.3 is 19.6 Å². The number of carbonyl (C=O) groups is 2. The van der Waals surface area contributed by atoms with Crippen molar-refractivity contribution < 1.29 is 14.1 Å². The lowest BCUT2D eigenvalue weighted by Gasteiger charge is -2.30. The molecule has 2 heterocycles. The lowest BCUT2D eigenvalue weighted by molar-refractivity contribution is -0.135. The summed E-state index contributed by atoms with van der Waals surface area (Å²) in [7, 11) is 0. The van der Waals surface area contributed by atoms with Crippen molar-refractivity contribution in [3.63, 3.8) is 0 Å². The van der Waals surface area contributed by atoms with Crippen LogP contribution in [0.4, 0.5) is 5.82 Å². The van der Waals surface area contributed by atoms with Crippen molar-refractivity contribution in [3.8, 4) is 0 Å². The van der Waals surface area contributed by atoms with Gasteiger partial charge in [-0.25, -0.2) is 0 Å². The monoisotopic (exact) mass is 364 g/mol. The molecule has 0 unspecified atom stereocenters. The van der Waals surface area contributed by atoms with E-state index in [2.05, 4.69) is 22.3 Å². The lowest BCUT2D eigenvalue weighted by atomic mass is 10.1. The summed E-state index contributed by atoms with van der Waals surface area (Å²) in [5.74, 6) is 0.203. The summed E-state index contributed by atoms with van der Waals surface area (Å²) in [5, 5.41) is 6.35. The molecule has 1 fully saturated rings. The Morgan fingerprint density at radius 1 is 1.23 bits per heavy atom. The van der Waals surface area contributed by atoms with Crippen LogP contribution in [0.5, 0.6) is 0 Å². The van der Waals surface area contributed by atoms with Gasteiger partial charge in [0.25, 0.3) is 0 Å². The van der Waals surface area contributed by atoms with Crippen LogP contribution in [0.2, 0.25) is 0 Å². The molecular weight excluding hydrogens is 332 g/mol. The zero-order valence-corrected chi connectivity index (χ0v) is 15.9. The van der Waals surface area contributed by atoms with E-state index < -0.39 is 0 Å². The van der Waals surface area contributed by atoms with Gasteiger partial charge in [0.2, 0.25) is 11.8 Å². The number of hydrogen-bond donors (Lipinski definition) is 1. The maximum Gasteiger partial charge on any atom is 0.245 e. The van der Waals surface area contributed by atoms with Crippen LogP contribution in [0.25, 0.3) is 0 Å². The Hall–Kier alpha value is -1.89. The highest BCUT2D eigenvalue weighted by molar-refractivity contribution is 5.93. The second kappa shape index (κ2) is 11.7. The van der Waals surface area contributed by atoms with Crippen molar-refractivity contribution in [3.05, 3.63) is 12.3 Å². The Morgan fingerprint density at radius 3 is 2.73 bits per heavy atom. The summed E-state index contributed by atoms with van der Waals surface area (Å²) in [6.45, 7) is 5.82. The Labute approximate surface area is 156 Å². The zero-order chi connectivity index (χ0) is 18.6. The zero-order valence-electron chi connectivity index (χ0n) is 15.9. The topological polar surface area (TPSA) is 78.7 Å². The molecule has 1 aromatic rings. The third kappa shape index (κ3) is 7.56. The fraction of sp³-hybridized carbons (Fsp3) is 0.737. The molecule has 1 aliphatic rings. The number of nitrogens with one attached hydrogen (secondary N) is 1. The number of likely N-dealkylation sites (tertiary alicyclic amines) is 1. The summed E-state index contributed by atoms with van der Waals surface area (Å²) in [5.41, 5.74) is 0. The standard InChI is InChI=1S/C19H32N4O3/c1-2-3-4-6-9-19(25)23(14-13-22-11-7-5-8-12-22)16-18(24)20-17-10-15-26-21-17/h10,15H,2-9,11-14,16H2,1H3,(H,20,21,24). The predicted molar refractivity (Wildman–Crippen MR) is 101 cm³/mol. The summed E-state index contributed by atoms with van der Waals surface area (Å²) in [6, 6.07) is 1.59. The van der Waals surface area contributed by atoms with Gasteiger partial charge in [-0.1, -0.05) is 37.8 Å². The number of piperidine rings is 1. The van der Waals surface area contributed by atoms with E-state index in [-0.39, 0.29) is 18.4 Å². The third-order valence-corrected chi connectivity index (χ3v) is 4.77. The van der Waals surface area contributed by atoms with E-state index in [1.54, 1.807) is 11.0 Å². The van der Waals surface area contributed by atoms with E-state index in [9.17, 15) is 9.59 Å². The Bertz CT molecular complexity index is 527. The van der Waals surface area contributed by atoms with E-state index in [0.717, 1.165) is 45.3 Å². The molecule has 0 aromatic carbocycles. The smallest absolute Gasteiger partial charge is 0.245 e. The van der Waals surface area contributed by atoms with E-state index >= 15 is 0 Å². The van der Waals surface area contributed by atoms with E-state index in [1.807, 2.05) is 0 Å².